The van der Waals surface area contributed by atoms with Crippen LogP contribution >= 0.6 is 15.9 Å². The summed E-state index contributed by atoms with van der Waals surface area (Å²) in [7, 11) is 1.84. The van der Waals surface area contributed by atoms with E-state index in [0.29, 0.717) is 22.5 Å². The molecule has 0 atom stereocenters. The van der Waals surface area contributed by atoms with Gasteiger partial charge in [0.05, 0.1) is 10.7 Å². The highest BCUT2D eigenvalue weighted by molar-refractivity contribution is 9.10. The van der Waals surface area contributed by atoms with E-state index in [1.54, 1.807) is 12.3 Å². The van der Waals surface area contributed by atoms with E-state index in [0.717, 1.165) is 11.5 Å². The second-order valence-corrected chi connectivity index (χ2v) is 5.76. The van der Waals surface area contributed by atoms with Gasteiger partial charge in [-0.2, -0.15) is 0 Å². The Balaban J connectivity index is 2.34. The van der Waals surface area contributed by atoms with Crippen molar-refractivity contribution in [3.05, 3.63) is 46.2 Å². The van der Waals surface area contributed by atoms with Gasteiger partial charge in [0.1, 0.15) is 23.1 Å². The summed E-state index contributed by atoms with van der Waals surface area (Å²) in [6.07, 6.45) is 1.66. The van der Waals surface area contributed by atoms with Gasteiger partial charge < -0.3 is 10.1 Å². The van der Waals surface area contributed by atoms with E-state index in [2.05, 4.69) is 31.2 Å². The molecular formula is C15H17BrFN3O. The Morgan fingerprint density at radius 3 is 2.71 bits per heavy atom. The monoisotopic (exact) mass is 353 g/mol. The van der Waals surface area contributed by atoms with E-state index in [9.17, 15) is 4.39 Å². The summed E-state index contributed by atoms with van der Waals surface area (Å²) >= 11 is 3.28. The molecular weight excluding hydrogens is 337 g/mol. The van der Waals surface area contributed by atoms with Crippen LogP contribution in [-0.2, 0) is 6.54 Å². The summed E-state index contributed by atoms with van der Waals surface area (Å²) < 4.78 is 19.5. The smallest absolute Gasteiger partial charge is 0.168 e. The van der Waals surface area contributed by atoms with Crippen LogP contribution in [-0.4, -0.2) is 17.0 Å². The Morgan fingerprint density at radius 2 is 2.10 bits per heavy atom. The molecule has 4 nitrogen and oxygen atoms in total. The number of hydrogen-bond donors (Lipinski definition) is 1. The third-order valence-electron chi connectivity index (χ3n) is 2.82. The fourth-order valence-electron chi connectivity index (χ4n) is 1.76. The molecule has 112 valence electrons. The summed E-state index contributed by atoms with van der Waals surface area (Å²) in [5.41, 5.74) is 0.771. The Labute approximate surface area is 131 Å². The zero-order chi connectivity index (χ0) is 15.4. The second kappa shape index (κ2) is 6.95. The topological polar surface area (TPSA) is 47.0 Å². The summed E-state index contributed by atoms with van der Waals surface area (Å²) in [5.74, 6) is 1.77. The Bertz CT molecular complexity index is 634. The molecule has 0 aliphatic rings. The third-order valence-corrected chi connectivity index (χ3v) is 3.44. The average molecular weight is 354 g/mol. The molecule has 6 heteroatoms. The number of hydrogen-bond acceptors (Lipinski definition) is 4. The minimum atomic E-state index is -0.323. The van der Waals surface area contributed by atoms with Gasteiger partial charge >= 0.3 is 0 Å². The summed E-state index contributed by atoms with van der Waals surface area (Å²) in [6.45, 7) is 4.64. The van der Waals surface area contributed by atoms with Crippen molar-refractivity contribution >= 4 is 15.9 Å². The fraction of sp³-hybridized carbons (Fsp3) is 0.333. The van der Waals surface area contributed by atoms with Crippen molar-refractivity contribution in [3.63, 3.8) is 0 Å². The zero-order valence-electron chi connectivity index (χ0n) is 12.2. The largest absolute Gasteiger partial charge is 0.453 e. The number of aromatic nitrogens is 2. The van der Waals surface area contributed by atoms with Crippen LogP contribution in [0.5, 0.6) is 11.5 Å². The third kappa shape index (κ3) is 3.98. The highest BCUT2D eigenvalue weighted by Crippen LogP contribution is 2.31. The van der Waals surface area contributed by atoms with Crippen molar-refractivity contribution in [3.8, 4) is 11.5 Å². The second-order valence-electron chi connectivity index (χ2n) is 4.90. The molecule has 0 fully saturated rings. The lowest BCUT2D eigenvalue weighted by Gasteiger charge is -2.13. The van der Waals surface area contributed by atoms with Gasteiger partial charge in [0.2, 0.25) is 0 Å². The fourth-order valence-corrected chi connectivity index (χ4v) is 2.19. The van der Waals surface area contributed by atoms with Gasteiger partial charge in [0, 0.05) is 12.5 Å². The molecule has 0 saturated carbocycles. The molecule has 1 aromatic heterocycles. The van der Waals surface area contributed by atoms with Gasteiger partial charge in [0.15, 0.2) is 5.75 Å². The van der Waals surface area contributed by atoms with Crippen molar-refractivity contribution in [2.24, 2.45) is 0 Å². The van der Waals surface area contributed by atoms with Crippen LogP contribution in [0.2, 0.25) is 0 Å². The number of nitrogens with one attached hydrogen (secondary N) is 1. The minimum absolute atomic E-state index is 0.243. The predicted molar refractivity (Wildman–Crippen MR) is 83.1 cm³/mol. The number of halogens is 2. The van der Waals surface area contributed by atoms with Crippen molar-refractivity contribution in [2.75, 3.05) is 7.05 Å². The van der Waals surface area contributed by atoms with Crippen LogP contribution < -0.4 is 10.1 Å². The van der Waals surface area contributed by atoms with Crippen LogP contribution in [0.1, 0.15) is 31.3 Å². The minimum Gasteiger partial charge on any atom is -0.453 e. The maximum Gasteiger partial charge on any atom is 0.168 e. The molecule has 2 rings (SSSR count). The van der Waals surface area contributed by atoms with Gasteiger partial charge in [-0.3, -0.25) is 0 Å². The molecule has 0 spiro atoms. The summed E-state index contributed by atoms with van der Waals surface area (Å²) in [4.78, 5) is 8.83. The van der Waals surface area contributed by atoms with E-state index in [1.807, 2.05) is 20.9 Å². The Hall–Kier alpha value is -1.53. The molecule has 0 bridgehead atoms. The standard InChI is InChI=1S/C15H17BrFN3O/c1-9(2)15-19-8-14(12(20-15)7-18-3)21-13-5-4-10(17)6-11(13)16/h4-6,8-9,18H,7H2,1-3H3. The number of rotatable bonds is 5. The SMILES string of the molecule is CNCc1nc(C(C)C)ncc1Oc1ccc(F)cc1Br. The zero-order valence-corrected chi connectivity index (χ0v) is 13.7. The molecule has 1 heterocycles. The first-order chi connectivity index (χ1) is 10.0. The van der Waals surface area contributed by atoms with Crippen LogP contribution in [0.15, 0.2) is 28.9 Å². The van der Waals surface area contributed by atoms with Crippen LogP contribution in [0.4, 0.5) is 4.39 Å². The normalized spacial score (nSPS) is 11.0. The lowest BCUT2D eigenvalue weighted by atomic mass is 10.2. The van der Waals surface area contributed by atoms with Gasteiger partial charge in [-0.1, -0.05) is 13.8 Å². The maximum atomic E-state index is 13.1. The van der Waals surface area contributed by atoms with E-state index < -0.39 is 0 Å². The first-order valence-electron chi connectivity index (χ1n) is 6.64. The van der Waals surface area contributed by atoms with Crippen LogP contribution in [0.3, 0.4) is 0 Å². The van der Waals surface area contributed by atoms with Crippen molar-refractivity contribution in [1.82, 2.24) is 15.3 Å². The van der Waals surface area contributed by atoms with Gasteiger partial charge in [-0.15, -0.1) is 0 Å². The van der Waals surface area contributed by atoms with Gasteiger partial charge in [-0.05, 0) is 41.2 Å². The lowest BCUT2D eigenvalue weighted by molar-refractivity contribution is 0.460. The molecule has 0 unspecified atom stereocenters. The summed E-state index contributed by atoms with van der Waals surface area (Å²) in [5, 5.41) is 3.06. The van der Waals surface area contributed by atoms with Gasteiger partial charge in [-0.25, -0.2) is 14.4 Å². The molecule has 0 amide bonds. The van der Waals surface area contributed by atoms with Gasteiger partial charge in [0.25, 0.3) is 0 Å². The van der Waals surface area contributed by atoms with Crippen molar-refractivity contribution in [2.45, 2.75) is 26.3 Å². The molecule has 0 aliphatic heterocycles. The molecule has 0 aliphatic carbocycles. The van der Waals surface area contributed by atoms with Crippen LogP contribution in [0, 0.1) is 5.82 Å². The maximum absolute atomic E-state index is 13.1. The first kappa shape index (κ1) is 15.9. The quantitative estimate of drug-likeness (QED) is 0.881. The molecule has 0 radical (unpaired) electrons. The average Bonchev–Trinajstić information content (AvgIpc) is 2.43. The highest BCUT2D eigenvalue weighted by Gasteiger charge is 2.12. The highest BCUT2D eigenvalue weighted by atomic mass is 79.9. The molecule has 0 saturated heterocycles. The van der Waals surface area contributed by atoms with Crippen molar-refractivity contribution < 1.29 is 9.13 Å². The molecule has 1 aromatic carbocycles. The van der Waals surface area contributed by atoms with Crippen molar-refractivity contribution in [1.29, 1.82) is 0 Å². The van der Waals surface area contributed by atoms with E-state index in [4.69, 9.17) is 4.74 Å². The number of benzene rings is 1. The molecule has 2 aromatic rings. The van der Waals surface area contributed by atoms with E-state index in [1.165, 1.54) is 12.1 Å². The Kier molecular flexibility index (Phi) is 5.25. The lowest BCUT2D eigenvalue weighted by Crippen LogP contribution is -2.11. The molecule has 1 N–H and O–H groups in total. The van der Waals surface area contributed by atoms with Crippen LogP contribution in [0.25, 0.3) is 0 Å². The molecule has 21 heavy (non-hydrogen) atoms. The predicted octanol–water partition coefficient (Wildman–Crippen LogP) is 4.01. The Morgan fingerprint density at radius 1 is 1.33 bits per heavy atom. The number of ether oxygens (including phenoxy) is 1. The summed E-state index contributed by atoms with van der Waals surface area (Å²) in [6, 6.07) is 4.27. The number of nitrogens with zero attached hydrogens (tertiary/aromatic N) is 2. The van der Waals surface area contributed by atoms with E-state index >= 15 is 0 Å². The van der Waals surface area contributed by atoms with E-state index in [-0.39, 0.29) is 11.7 Å². The first-order valence-corrected chi connectivity index (χ1v) is 7.44.